The van der Waals surface area contributed by atoms with E-state index in [-0.39, 0.29) is 12.1 Å². The van der Waals surface area contributed by atoms with Crippen molar-refractivity contribution in [3.05, 3.63) is 29.3 Å². The molecule has 18 heavy (non-hydrogen) atoms. The van der Waals surface area contributed by atoms with Gasteiger partial charge in [-0.2, -0.15) is 11.8 Å². The SMILES string of the molecule is CS[C@@H]1CCC[C@H]1NC(=O)Nc1cccc(Cl)c1. The van der Waals surface area contributed by atoms with Gasteiger partial charge in [-0.1, -0.05) is 24.1 Å². The van der Waals surface area contributed by atoms with Crippen LogP contribution in [0.3, 0.4) is 0 Å². The summed E-state index contributed by atoms with van der Waals surface area (Å²) < 4.78 is 0. The first-order valence-corrected chi connectivity index (χ1v) is 7.71. The zero-order chi connectivity index (χ0) is 13.0. The average molecular weight is 285 g/mol. The van der Waals surface area contributed by atoms with Crippen molar-refractivity contribution in [2.75, 3.05) is 11.6 Å². The van der Waals surface area contributed by atoms with Crippen LogP contribution in [0.25, 0.3) is 0 Å². The number of benzene rings is 1. The number of halogens is 1. The van der Waals surface area contributed by atoms with Crippen LogP contribution >= 0.6 is 23.4 Å². The second kappa shape index (κ2) is 6.34. The number of rotatable bonds is 3. The molecule has 3 nitrogen and oxygen atoms in total. The van der Waals surface area contributed by atoms with E-state index in [4.69, 9.17) is 11.6 Å². The molecule has 0 radical (unpaired) electrons. The lowest BCUT2D eigenvalue weighted by molar-refractivity contribution is 0.249. The van der Waals surface area contributed by atoms with Crippen molar-refractivity contribution in [2.45, 2.75) is 30.6 Å². The normalized spacial score (nSPS) is 22.8. The second-order valence-corrected chi connectivity index (χ2v) is 5.93. The number of amides is 2. The van der Waals surface area contributed by atoms with E-state index in [1.807, 2.05) is 23.9 Å². The highest BCUT2D eigenvalue weighted by Crippen LogP contribution is 2.28. The number of anilines is 1. The minimum atomic E-state index is -0.150. The molecule has 1 fully saturated rings. The van der Waals surface area contributed by atoms with Gasteiger partial charge in [0, 0.05) is 22.0 Å². The number of hydrogen-bond acceptors (Lipinski definition) is 2. The first kappa shape index (κ1) is 13.6. The maximum absolute atomic E-state index is 11.9. The fourth-order valence-electron chi connectivity index (χ4n) is 2.28. The van der Waals surface area contributed by atoms with Crippen molar-refractivity contribution >= 4 is 35.1 Å². The molecular weight excluding hydrogens is 268 g/mol. The average Bonchev–Trinajstić information content (AvgIpc) is 2.76. The lowest BCUT2D eigenvalue weighted by Crippen LogP contribution is -2.41. The Kier molecular flexibility index (Phi) is 4.78. The quantitative estimate of drug-likeness (QED) is 0.888. The topological polar surface area (TPSA) is 41.1 Å². The molecule has 1 saturated carbocycles. The molecule has 1 aliphatic carbocycles. The van der Waals surface area contributed by atoms with E-state index in [0.29, 0.717) is 10.3 Å². The second-order valence-electron chi connectivity index (χ2n) is 4.42. The molecule has 2 N–H and O–H groups in total. The largest absolute Gasteiger partial charge is 0.334 e. The lowest BCUT2D eigenvalue weighted by atomic mass is 10.2. The number of carbonyl (C=O) groups is 1. The van der Waals surface area contributed by atoms with Crippen molar-refractivity contribution in [1.82, 2.24) is 5.32 Å². The zero-order valence-electron chi connectivity index (χ0n) is 10.3. The van der Waals surface area contributed by atoms with Crippen molar-refractivity contribution in [3.63, 3.8) is 0 Å². The molecule has 1 aliphatic rings. The Balaban J connectivity index is 1.89. The summed E-state index contributed by atoms with van der Waals surface area (Å²) in [5.74, 6) is 0. The van der Waals surface area contributed by atoms with E-state index in [2.05, 4.69) is 16.9 Å². The smallest absolute Gasteiger partial charge is 0.319 e. The highest BCUT2D eigenvalue weighted by molar-refractivity contribution is 7.99. The van der Waals surface area contributed by atoms with E-state index in [1.165, 1.54) is 12.8 Å². The summed E-state index contributed by atoms with van der Waals surface area (Å²) in [6.07, 6.45) is 5.53. The molecule has 0 aromatic heterocycles. The van der Waals surface area contributed by atoms with E-state index >= 15 is 0 Å². The summed E-state index contributed by atoms with van der Waals surface area (Å²) in [6, 6.07) is 7.29. The third-order valence-corrected chi connectivity index (χ3v) is 4.56. The first-order valence-electron chi connectivity index (χ1n) is 6.05. The summed E-state index contributed by atoms with van der Waals surface area (Å²) >= 11 is 7.70. The van der Waals surface area contributed by atoms with Gasteiger partial charge in [-0.05, 0) is 37.3 Å². The van der Waals surface area contributed by atoms with Gasteiger partial charge in [0.1, 0.15) is 0 Å². The van der Waals surface area contributed by atoms with Crippen LogP contribution < -0.4 is 10.6 Å². The van der Waals surface area contributed by atoms with Crippen LogP contribution in [0.2, 0.25) is 5.02 Å². The van der Waals surface area contributed by atoms with Gasteiger partial charge >= 0.3 is 6.03 Å². The molecule has 0 spiro atoms. The summed E-state index contributed by atoms with van der Waals surface area (Å²) in [5, 5.41) is 7.00. The molecule has 0 aliphatic heterocycles. The van der Waals surface area contributed by atoms with Crippen molar-refractivity contribution < 1.29 is 4.79 Å². The maximum atomic E-state index is 11.9. The number of hydrogen-bond donors (Lipinski definition) is 2. The van der Waals surface area contributed by atoms with Crippen LogP contribution in [-0.4, -0.2) is 23.6 Å². The van der Waals surface area contributed by atoms with Gasteiger partial charge in [-0.15, -0.1) is 0 Å². The highest BCUT2D eigenvalue weighted by atomic mass is 35.5. The molecule has 0 saturated heterocycles. The van der Waals surface area contributed by atoms with Crippen LogP contribution in [0.4, 0.5) is 10.5 Å². The molecular formula is C13H17ClN2OS. The summed E-state index contributed by atoms with van der Waals surface area (Å²) in [4.78, 5) is 11.9. The van der Waals surface area contributed by atoms with E-state index < -0.39 is 0 Å². The Morgan fingerprint density at radius 3 is 3.00 bits per heavy atom. The predicted octanol–water partition coefficient (Wildman–Crippen LogP) is 3.75. The van der Waals surface area contributed by atoms with Gasteiger partial charge in [-0.25, -0.2) is 4.79 Å². The lowest BCUT2D eigenvalue weighted by Gasteiger charge is -2.19. The molecule has 5 heteroatoms. The Morgan fingerprint density at radius 2 is 2.28 bits per heavy atom. The molecule has 98 valence electrons. The molecule has 1 aromatic rings. The molecule has 1 aromatic carbocycles. The van der Waals surface area contributed by atoms with Gasteiger partial charge in [0.2, 0.25) is 0 Å². The molecule has 2 rings (SSSR count). The highest BCUT2D eigenvalue weighted by Gasteiger charge is 2.27. The predicted molar refractivity (Wildman–Crippen MR) is 78.5 cm³/mol. The molecule has 0 bridgehead atoms. The molecule has 0 heterocycles. The molecule has 0 unspecified atom stereocenters. The van der Waals surface area contributed by atoms with Crippen LogP contribution in [-0.2, 0) is 0 Å². The number of carbonyl (C=O) groups excluding carboxylic acids is 1. The van der Waals surface area contributed by atoms with Crippen LogP contribution in [0.15, 0.2) is 24.3 Å². The van der Waals surface area contributed by atoms with E-state index in [9.17, 15) is 4.79 Å². The number of thioether (sulfide) groups is 1. The Bertz CT molecular complexity index is 427. The van der Waals surface area contributed by atoms with Gasteiger partial charge in [0.25, 0.3) is 0 Å². The Morgan fingerprint density at radius 1 is 1.44 bits per heavy atom. The van der Waals surface area contributed by atoms with Crippen molar-refractivity contribution in [3.8, 4) is 0 Å². The third kappa shape index (κ3) is 3.56. The summed E-state index contributed by atoms with van der Waals surface area (Å²) in [7, 11) is 0. The standard InChI is InChI=1S/C13H17ClN2OS/c1-18-12-7-3-6-11(12)16-13(17)15-10-5-2-4-9(14)8-10/h2,4-5,8,11-12H,3,6-7H2,1H3,(H2,15,16,17)/t11-,12-/m1/s1. The van der Waals surface area contributed by atoms with Gasteiger partial charge in [0.15, 0.2) is 0 Å². The monoisotopic (exact) mass is 284 g/mol. The zero-order valence-corrected chi connectivity index (χ0v) is 11.9. The van der Waals surface area contributed by atoms with Crippen molar-refractivity contribution in [1.29, 1.82) is 0 Å². The fraction of sp³-hybridized carbons (Fsp3) is 0.462. The summed E-state index contributed by atoms with van der Waals surface area (Å²) in [6.45, 7) is 0. The minimum absolute atomic E-state index is 0.150. The maximum Gasteiger partial charge on any atom is 0.319 e. The van der Waals surface area contributed by atoms with Crippen LogP contribution in [0.1, 0.15) is 19.3 Å². The van der Waals surface area contributed by atoms with E-state index in [1.54, 1.807) is 12.1 Å². The van der Waals surface area contributed by atoms with Gasteiger partial charge in [0.05, 0.1) is 0 Å². The molecule has 2 atom stereocenters. The van der Waals surface area contributed by atoms with Gasteiger partial charge < -0.3 is 10.6 Å². The Labute approximate surface area is 117 Å². The summed E-state index contributed by atoms with van der Waals surface area (Å²) in [5.41, 5.74) is 0.721. The Hall–Kier alpha value is -0.870. The van der Waals surface area contributed by atoms with Crippen LogP contribution in [0.5, 0.6) is 0 Å². The van der Waals surface area contributed by atoms with Crippen LogP contribution in [0, 0.1) is 0 Å². The fourth-order valence-corrected chi connectivity index (χ4v) is 3.40. The number of urea groups is 1. The third-order valence-electron chi connectivity index (χ3n) is 3.15. The van der Waals surface area contributed by atoms with E-state index in [0.717, 1.165) is 12.1 Å². The molecule has 2 amide bonds. The van der Waals surface area contributed by atoms with Gasteiger partial charge in [-0.3, -0.25) is 0 Å². The first-order chi connectivity index (χ1) is 8.69. The van der Waals surface area contributed by atoms with Crippen molar-refractivity contribution in [2.24, 2.45) is 0 Å². The number of nitrogens with one attached hydrogen (secondary N) is 2. The minimum Gasteiger partial charge on any atom is -0.334 e.